The van der Waals surface area contributed by atoms with E-state index in [1.54, 1.807) is 7.05 Å². The Labute approximate surface area is 193 Å². The molecule has 5 nitrogen and oxygen atoms in total. The summed E-state index contributed by atoms with van der Waals surface area (Å²) in [7, 11) is 1.76. The third-order valence-electron chi connectivity index (χ3n) is 7.11. The highest BCUT2D eigenvalue weighted by atomic mass is 16.2. The van der Waals surface area contributed by atoms with Crippen LogP contribution in [0.1, 0.15) is 38.2 Å². The normalized spacial score (nSPS) is 22.8. The molecule has 2 fully saturated rings. The van der Waals surface area contributed by atoms with Crippen LogP contribution in [-0.2, 0) is 11.3 Å². The van der Waals surface area contributed by atoms with Gasteiger partial charge in [-0.15, -0.1) is 0 Å². The minimum Gasteiger partial charge on any atom is -0.358 e. The fourth-order valence-electron chi connectivity index (χ4n) is 5.34. The number of piperidine rings is 1. The van der Waals surface area contributed by atoms with Gasteiger partial charge < -0.3 is 15.5 Å². The number of nitrogens with one attached hydrogen (secondary N) is 2. The summed E-state index contributed by atoms with van der Waals surface area (Å²) < 4.78 is 0. The van der Waals surface area contributed by atoms with Gasteiger partial charge in [0.05, 0.1) is 6.04 Å². The first kappa shape index (κ1) is 23.0. The Balaban J connectivity index is 1.33. The summed E-state index contributed by atoms with van der Waals surface area (Å²) in [6.07, 6.45) is 4.44. The number of carbonyl (C=O) groups is 1. The molecule has 2 aliphatic heterocycles. The maximum Gasteiger partial charge on any atom is 0.237 e. The molecule has 0 saturated carbocycles. The van der Waals surface area contributed by atoms with Crippen LogP contribution in [0.5, 0.6) is 0 Å². The Morgan fingerprint density at radius 2 is 1.69 bits per heavy atom. The number of hydrogen-bond donors (Lipinski definition) is 2. The van der Waals surface area contributed by atoms with Gasteiger partial charge in [-0.1, -0.05) is 61.5 Å². The van der Waals surface area contributed by atoms with Gasteiger partial charge in [-0.2, -0.15) is 0 Å². The smallest absolute Gasteiger partial charge is 0.237 e. The number of amides is 1. The molecule has 4 rings (SSSR count). The van der Waals surface area contributed by atoms with Crippen molar-refractivity contribution in [3.05, 3.63) is 60.2 Å². The van der Waals surface area contributed by atoms with E-state index in [4.69, 9.17) is 0 Å². The van der Waals surface area contributed by atoms with Crippen LogP contribution in [0.25, 0.3) is 11.1 Å². The van der Waals surface area contributed by atoms with Crippen molar-refractivity contribution in [3.8, 4) is 11.1 Å². The number of hydrogen-bond acceptors (Lipinski definition) is 4. The summed E-state index contributed by atoms with van der Waals surface area (Å²) in [5, 5.41) is 6.63. The molecule has 0 bridgehead atoms. The van der Waals surface area contributed by atoms with Crippen molar-refractivity contribution in [2.24, 2.45) is 0 Å². The molecule has 2 aromatic carbocycles. The van der Waals surface area contributed by atoms with Crippen LogP contribution < -0.4 is 10.6 Å². The third-order valence-corrected chi connectivity index (χ3v) is 7.11. The molecule has 172 valence electrons. The molecule has 2 atom stereocenters. The van der Waals surface area contributed by atoms with E-state index in [-0.39, 0.29) is 11.9 Å². The van der Waals surface area contributed by atoms with Crippen LogP contribution in [0.3, 0.4) is 0 Å². The van der Waals surface area contributed by atoms with Gasteiger partial charge in [-0.25, -0.2) is 0 Å². The fourth-order valence-corrected chi connectivity index (χ4v) is 5.34. The van der Waals surface area contributed by atoms with E-state index in [9.17, 15) is 4.79 Å². The maximum atomic E-state index is 12.6. The zero-order valence-electron chi connectivity index (χ0n) is 19.6. The number of likely N-dealkylation sites (tertiary alicyclic amines) is 2. The second-order valence-electron chi connectivity index (χ2n) is 9.28. The van der Waals surface area contributed by atoms with Gasteiger partial charge in [0.25, 0.3) is 0 Å². The summed E-state index contributed by atoms with van der Waals surface area (Å²) >= 11 is 0. The number of likely N-dealkylation sites (N-methyl/N-ethyl adjacent to an activating group) is 1. The predicted octanol–water partition coefficient (Wildman–Crippen LogP) is 3.51. The van der Waals surface area contributed by atoms with Crippen molar-refractivity contribution < 1.29 is 4.79 Å². The van der Waals surface area contributed by atoms with Gasteiger partial charge >= 0.3 is 0 Å². The van der Waals surface area contributed by atoms with Crippen molar-refractivity contribution in [2.45, 2.75) is 57.3 Å². The van der Waals surface area contributed by atoms with E-state index in [0.29, 0.717) is 12.1 Å². The second-order valence-corrected chi connectivity index (χ2v) is 9.28. The summed E-state index contributed by atoms with van der Waals surface area (Å²) in [6, 6.07) is 20.2. The van der Waals surface area contributed by atoms with E-state index in [0.717, 1.165) is 32.6 Å². The lowest BCUT2D eigenvalue weighted by molar-refractivity contribution is -0.126. The molecule has 32 heavy (non-hydrogen) atoms. The minimum atomic E-state index is -0.0133. The van der Waals surface area contributed by atoms with Gasteiger partial charge in [-0.05, 0) is 62.0 Å². The third kappa shape index (κ3) is 5.58. The standard InChI is InChI=1S/C27H38N4O/c1-3-15-30-16-13-25(14-17-30)31-20-24(18-26(31)27(32)28-2)29-19-21-9-11-23(12-10-21)22-7-5-4-6-8-22/h4-12,24-26,29H,3,13-20H2,1-2H3,(H,28,32)/t24-,26+/m1/s1. The van der Waals surface area contributed by atoms with Gasteiger partial charge in [0.1, 0.15) is 0 Å². The first-order chi connectivity index (χ1) is 15.7. The average Bonchev–Trinajstić information content (AvgIpc) is 3.28. The highest BCUT2D eigenvalue weighted by Crippen LogP contribution is 2.27. The Morgan fingerprint density at radius 1 is 1.00 bits per heavy atom. The van der Waals surface area contributed by atoms with Crippen molar-refractivity contribution in [1.82, 2.24) is 20.4 Å². The lowest BCUT2D eigenvalue weighted by Gasteiger charge is -2.38. The molecule has 0 unspecified atom stereocenters. The highest BCUT2D eigenvalue weighted by molar-refractivity contribution is 5.82. The van der Waals surface area contributed by atoms with Crippen molar-refractivity contribution in [2.75, 3.05) is 33.2 Å². The van der Waals surface area contributed by atoms with Crippen LogP contribution in [0, 0.1) is 0 Å². The highest BCUT2D eigenvalue weighted by Gasteiger charge is 2.40. The van der Waals surface area contributed by atoms with Crippen LogP contribution in [0.2, 0.25) is 0 Å². The quantitative estimate of drug-likeness (QED) is 0.668. The predicted molar refractivity (Wildman–Crippen MR) is 131 cm³/mol. The van der Waals surface area contributed by atoms with Crippen LogP contribution in [-0.4, -0.2) is 67.1 Å². The Kier molecular flexibility index (Phi) is 7.95. The van der Waals surface area contributed by atoms with E-state index in [2.05, 4.69) is 75.9 Å². The van der Waals surface area contributed by atoms with Crippen LogP contribution in [0.15, 0.2) is 54.6 Å². The number of carbonyl (C=O) groups excluding carboxylic acids is 1. The Hall–Kier alpha value is -2.21. The van der Waals surface area contributed by atoms with Crippen molar-refractivity contribution in [1.29, 1.82) is 0 Å². The molecule has 0 spiro atoms. The molecular formula is C27H38N4O. The van der Waals surface area contributed by atoms with Crippen LogP contribution in [0.4, 0.5) is 0 Å². The van der Waals surface area contributed by atoms with Crippen molar-refractivity contribution in [3.63, 3.8) is 0 Å². The molecular weight excluding hydrogens is 396 g/mol. The van der Waals surface area contributed by atoms with Gasteiger partial charge in [0.15, 0.2) is 0 Å². The van der Waals surface area contributed by atoms with Crippen LogP contribution >= 0.6 is 0 Å². The molecule has 0 radical (unpaired) electrons. The van der Waals surface area contributed by atoms with E-state index in [1.165, 1.54) is 42.5 Å². The zero-order chi connectivity index (χ0) is 22.3. The van der Waals surface area contributed by atoms with E-state index >= 15 is 0 Å². The molecule has 2 heterocycles. The summed E-state index contributed by atoms with van der Waals surface area (Å²) in [5.41, 5.74) is 3.78. The molecule has 2 N–H and O–H groups in total. The first-order valence-electron chi connectivity index (χ1n) is 12.3. The first-order valence-corrected chi connectivity index (χ1v) is 12.3. The van der Waals surface area contributed by atoms with E-state index < -0.39 is 0 Å². The van der Waals surface area contributed by atoms with Gasteiger partial charge in [0, 0.05) is 32.2 Å². The fraction of sp³-hybridized carbons (Fsp3) is 0.519. The SMILES string of the molecule is CCCN1CCC(N2C[C@H](NCc3ccc(-c4ccccc4)cc3)C[C@H]2C(=O)NC)CC1. The van der Waals surface area contributed by atoms with Crippen molar-refractivity contribution >= 4 is 5.91 Å². The largest absolute Gasteiger partial charge is 0.358 e. The summed E-state index contributed by atoms with van der Waals surface area (Å²) in [5.74, 6) is 0.164. The monoisotopic (exact) mass is 434 g/mol. The lowest BCUT2D eigenvalue weighted by atomic mass is 10.0. The Morgan fingerprint density at radius 3 is 2.34 bits per heavy atom. The summed E-state index contributed by atoms with van der Waals surface area (Å²) in [4.78, 5) is 17.7. The lowest BCUT2D eigenvalue weighted by Crippen LogP contribution is -2.51. The molecule has 5 heteroatoms. The minimum absolute atomic E-state index is 0.0133. The summed E-state index contributed by atoms with van der Waals surface area (Å²) in [6.45, 7) is 7.54. The van der Waals surface area contributed by atoms with E-state index in [1.807, 2.05) is 6.07 Å². The average molecular weight is 435 g/mol. The van der Waals surface area contributed by atoms with Gasteiger partial charge in [0.2, 0.25) is 5.91 Å². The molecule has 2 aromatic rings. The number of rotatable bonds is 8. The Bertz CT molecular complexity index is 846. The topological polar surface area (TPSA) is 47.6 Å². The zero-order valence-corrected chi connectivity index (χ0v) is 19.6. The molecule has 2 aliphatic rings. The molecule has 0 aliphatic carbocycles. The molecule has 1 amide bonds. The second kappa shape index (κ2) is 11.1. The number of nitrogens with zero attached hydrogens (tertiary/aromatic N) is 2. The molecule has 2 saturated heterocycles. The molecule has 0 aromatic heterocycles. The number of benzene rings is 2. The van der Waals surface area contributed by atoms with Gasteiger partial charge in [-0.3, -0.25) is 9.69 Å². The maximum absolute atomic E-state index is 12.6.